The predicted octanol–water partition coefficient (Wildman–Crippen LogP) is 1.66. The molecule has 0 spiro atoms. The van der Waals surface area contributed by atoms with Gasteiger partial charge in [-0.3, -0.25) is 9.36 Å². The predicted molar refractivity (Wildman–Crippen MR) is 106 cm³/mol. The highest BCUT2D eigenvalue weighted by molar-refractivity contribution is 5.94. The van der Waals surface area contributed by atoms with Gasteiger partial charge in [0.1, 0.15) is 0 Å². The van der Waals surface area contributed by atoms with E-state index in [9.17, 15) is 9.59 Å². The van der Waals surface area contributed by atoms with Crippen molar-refractivity contribution in [1.82, 2.24) is 24.8 Å². The third kappa shape index (κ3) is 3.66. The molecule has 0 aliphatic carbocycles. The third-order valence-electron chi connectivity index (χ3n) is 5.01. The summed E-state index contributed by atoms with van der Waals surface area (Å²) < 4.78 is 1.57. The van der Waals surface area contributed by atoms with Crippen LogP contribution in [0.2, 0.25) is 0 Å². The first-order chi connectivity index (χ1) is 13.6. The second-order valence-electron chi connectivity index (χ2n) is 6.90. The molecule has 1 fully saturated rings. The van der Waals surface area contributed by atoms with Crippen molar-refractivity contribution in [2.24, 2.45) is 0 Å². The lowest BCUT2D eigenvalue weighted by molar-refractivity contribution is 0.0931. The SMILES string of the molecule is Cc1c[nH]c(=O)n1-c1ccc(C(=O)NC2CCN(c3ncccn3)CC2)cc1. The van der Waals surface area contributed by atoms with Crippen LogP contribution in [-0.2, 0) is 0 Å². The van der Waals surface area contributed by atoms with Crippen molar-refractivity contribution in [1.29, 1.82) is 0 Å². The number of piperidine rings is 1. The van der Waals surface area contributed by atoms with E-state index < -0.39 is 0 Å². The normalized spacial score (nSPS) is 14.8. The number of carbonyl (C=O) groups is 1. The first-order valence-corrected chi connectivity index (χ1v) is 9.32. The van der Waals surface area contributed by atoms with Crippen LogP contribution in [0.3, 0.4) is 0 Å². The van der Waals surface area contributed by atoms with Crippen LogP contribution in [0.15, 0.2) is 53.7 Å². The van der Waals surface area contributed by atoms with Crippen molar-refractivity contribution in [3.63, 3.8) is 0 Å². The molecule has 4 rings (SSSR count). The van der Waals surface area contributed by atoms with E-state index in [1.165, 1.54) is 0 Å². The molecule has 1 aliphatic rings. The van der Waals surface area contributed by atoms with Gasteiger partial charge in [0.25, 0.3) is 5.91 Å². The Morgan fingerprint density at radius 1 is 1.14 bits per heavy atom. The first kappa shape index (κ1) is 18.0. The number of amides is 1. The molecule has 1 aliphatic heterocycles. The molecule has 2 N–H and O–H groups in total. The number of hydrogen-bond donors (Lipinski definition) is 2. The van der Waals surface area contributed by atoms with E-state index in [0.29, 0.717) is 5.56 Å². The lowest BCUT2D eigenvalue weighted by Gasteiger charge is -2.32. The Labute approximate surface area is 162 Å². The summed E-state index contributed by atoms with van der Waals surface area (Å²) in [6.45, 7) is 3.47. The molecule has 1 saturated heterocycles. The van der Waals surface area contributed by atoms with Gasteiger partial charge in [0.2, 0.25) is 5.95 Å². The molecule has 144 valence electrons. The number of carbonyl (C=O) groups excluding carboxylic acids is 1. The fourth-order valence-corrected chi connectivity index (χ4v) is 3.49. The number of anilines is 1. The molecule has 1 amide bonds. The summed E-state index contributed by atoms with van der Waals surface area (Å²) in [5.41, 5.74) is 1.94. The highest BCUT2D eigenvalue weighted by Gasteiger charge is 2.22. The number of aromatic amines is 1. The molecule has 1 aromatic carbocycles. The summed E-state index contributed by atoms with van der Waals surface area (Å²) in [4.78, 5) is 37.8. The minimum atomic E-state index is -0.191. The molecule has 28 heavy (non-hydrogen) atoms. The molecular formula is C20H22N6O2. The number of benzene rings is 1. The fourth-order valence-electron chi connectivity index (χ4n) is 3.49. The van der Waals surface area contributed by atoms with Crippen molar-refractivity contribution in [3.8, 4) is 5.69 Å². The van der Waals surface area contributed by atoms with Crippen LogP contribution in [0.4, 0.5) is 5.95 Å². The number of imidazole rings is 1. The van der Waals surface area contributed by atoms with E-state index in [4.69, 9.17) is 0 Å². The van der Waals surface area contributed by atoms with Crippen LogP contribution < -0.4 is 15.9 Å². The molecule has 2 aromatic heterocycles. The summed E-state index contributed by atoms with van der Waals surface area (Å²) in [5.74, 6) is 0.636. The summed E-state index contributed by atoms with van der Waals surface area (Å²) in [6, 6.07) is 8.99. The van der Waals surface area contributed by atoms with Gasteiger partial charge in [-0.05, 0) is 50.1 Å². The van der Waals surface area contributed by atoms with E-state index in [1.807, 2.05) is 6.92 Å². The van der Waals surface area contributed by atoms with Gasteiger partial charge < -0.3 is 15.2 Å². The van der Waals surface area contributed by atoms with E-state index in [2.05, 4.69) is 25.2 Å². The topological polar surface area (TPSA) is 95.9 Å². The molecule has 0 radical (unpaired) electrons. The van der Waals surface area contributed by atoms with Gasteiger partial charge >= 0.3 is 5.69 Å². The number of H-pyrrole nitrogens is 1. The van der Waals surface area contributed by atoms with Gasteiger partial charge in [-0.25, -0.2) is 14.8 Å². The van der Waals surface area contributed by atoms with Crippen LogP contribution in [-0.4, -0.2) is 44.6 Å². The summed E-state index contributed by atoms with van der Waals surface area (Å²) in [5, 5.41) is 3.10. The highest BCUT2D eigenvalue weighted by Crippen LogP contribution is 2.16. The Kier molecular flexibility index (Phi) is 4.92. The van der Waals surface area contributed by atoms with E-state index in [-0.39, 0.29) is 17.6 Å². The van der Waals surface area contributed by atoms with Crippen LogP contribution in [0.1, 0.15) is 28.9 Å². The largest absolute Gasteiger partial charge is 0.349 e. The number of rotatable bonds is 4. The fraction of sp³-hybridized carbons (Fsp3) is 0.300. The third-order valence-corrected chi connectivity index (χ3v) is 5.01. The van der Waals surface area contributed by atoms with Crippen molar-refractivity contribution in [3.05, 3.63) is 70.7 Å². The molecule has 3 aromatic rings. The van der Waals surface area contributed by atoms with Crippen LogP contribution in [0.25, 0.3) is 5.69 Å². The highest BCUT2D eigenvalue weighted by atomic mass is 16.2. The van der Waals surface area contributed by atoms with Gasteiger partial charge in [0.05, 0.1) is 5.69 Å². The van der Waals surface area contributed by atoms with Crippen molar-refractivity contribution < 1.29 is 4.79 Å². The molecule has 0 unspecified atom stereocenters. The summed E-state index contributed by atoms with van der Waals surface area (Å²) >= 11 is 0. The molecular weight excluding hydrogens is 356 g/mol. The minimum absolute atomic E-state index is 0.0981. The van der Waals surface area contributed by atoms with Crippen LogP contribution >= 0.6 is 0 Å². The van der Waals surface area contributed by atoms with Gasteiger partial charge in [-0.15, -0.1) is 0 Å². The maximum absolute atomic E-state index is 12.6. The number of aromatic nitrogens is 4. The standard InChI is InChI=1S/C20H22N6O2/c1-14-13-23-20(28)26(14)17-5-3-15(4-6-17)18(27)24-16-7-11-25(12-8-16)19-21-9-2-10-22-19/h2-6,9-10,13,16H,7-8,11-12H2,1H3,(H,23,28)(H,24,27). The average molecular weight is 378 g/mol. The zero-order valence-corrected chi connectivity index (χ0v) is 15.6. The maximum Gasteiger partial charge on any atom is 0.330 e. The average Bonchev–Trinajstić information content (AvgIpc) is 3.07. The zero-order valence-electron chi connectivity index (χ0n) is 15.6. The van der Waals surface area contributed by atoms with Crippen molar-refractivity contribution in [2.75, 3.05) is 18.0 Å². The van der Waals surface area contributed by atoms with Gasteiger partial charge in [-0.2, -0.15) is 0 Å². The Morgan fingerprint density at radius 3 is 2.43 bits per heavy atom. The molecule has 0 bridgehead atoms. The van der Waals surface area contributed by atoms with Gasteiger partial charge in [0, 0.05) is 49.0 Å². The van der Waals surface area contributed by atoms with E-state index in [1.54, 1.807) is 53.5 Å². The number of nitrogens with one attached hydrogen (secondary N) is 2. The van der Waals surface area contributed by atoms with Gasteiger partial charge in [0.15, 0.2) is 0 Å². The molecule has 8 nitrogen and oxygen atoms in total. The smallest absolute Gasteiger partial charge is 0.330 e. The monoisotopic (exact) mass is 378 g/mol. The Balaban J connectivity index is 1.36. The lowest BCUT2D eigenvalue weighted by atomic mass is 10.0. The molecule has 0 atom stereocenters. The Bertz CT molecular complexity index is 1000. The lowest BCUT2D eigenvalue weighted by Crippen LogP contribution is -2.45. The van der Waals surface area contributed by atoms with Crippen molar-refractivity contribution in [2.45, 2.75) is 25.8 Å². The van der Waals surface area contributed by atoms with Crippen LogP contribution in [0, 0.1) is 6.92 Å². The quantitative estimate of drug-likeness (QED) is 0.720. The zero-order chi connectivity index (χ0) is 19.5. The number of hydrogen-bond acceptors (Lipinski definition) is 5. The summed E-state index contributed by atoms with van der Waals surface area (Å²) in [7, 11) is 0. The Morgan fingerprint density at radius 2 is 1.82 bits per heavy atom. The number of nitrogens with zero attached hydrogens (tertiary/aromatic N) is 4. The molecule has 3 heterocycles. The summed E-state index contributed by atoms with van der Waals surface area (Å²) in [6.07, 6.45) is 6.83. The Hall–Kier alpha value is -3.42. The molecule has 0 saturated carbocycles. The molecule has 8 heteroatoms. The van der Waals surface area contributed by atoms with Crippen LogP contribution in [0.5, 0.6) is 0 Å². The number of aryl methyl sites for hydroxylation is 1. The minimum Gasteiger partial charge on any atom is -0.349 e. The second kappa shape index (κ2) is 7.67. The second-order valence-corrected chi connectivity index (χ2v) is 6.90. The van der Waals surface area contributed by atoms with Crippen molar-refractivity contribution >= 4 is 11.9 Å². The van der Waals surface area contributed by atoms with Gasteiger partial charge in [-0.1, -0.05) is 0 Å². The van der Waals surface area contributed by atoms with E-state index >= 15 is 0 Å². The van der Waals surface area contributed by atoms with E-state index in [0.717, 1.165) is 43.3 Å². The maximum atomic E-state index is 12.6. The first-order valence-electron chi connectivity index (χ1n) is 9.32.